The van der Waals surface area contributed by atoms with Crippen LogP contribution in [0.3, 0.4) is 0 Å². The maximum atomic E-state index is 14.3. The molecule has 4 rings (SSSR count). The van der Waals surface area contributed by atoms with Gasteiger partial charge in [-0.15, -0.1) is 11.6 Å². The van der Waals surface area contributed by atoms with Gasteiger partial charge in [0.1, 0.15) is 11.4 Å². The molecule has 3 aromatic rings. The van der Waals surface area contributed by atoms with Gasteiger partial charge in [0.2, 0.25) is 11.8 Å². The van der Waals surface area contributed by atoms with Gasteiger partial charge in [0, 0.05) is 11.6 Å². The van der Waals surface area contributed by atoms with Crippen LogP contribution in [0.15, 0.2) is 84.9 Å². The molecule has 0 heterocycles. The molecular weight excluding hydrogens is 503 g/mol. The van der Waals surface area contributed by atoms with Crippen LogP contribution in [0.4, 0.5) is 0 Å². The van der Waals surface area contributed by atoms with Crippen molar-refractivity contribution in [1.82, 2.24) is 10.2 Å². The summed E-state index contributed by atoms with van der Waals surface area (Å²) in [6.45, 7) is 6.84. The van der Waals surface area contributed by atoms with Crippen LogP contribution in [-0.4, -0.2) is 28.1 Å². The SMILES string of the molecule is CC(C)(C)C1CC(C(=O)NC(c2ccccc2)c2ccccc2)(N(Cc2ccc(Cl)cc2)C(=O)CCl)C1. The molecule has 0 spiro atoms. The van der Waals surface area contributed by atoms with Crippen LogP contribution in [-0.2, 0) is 16.1 Å². The maximum Gasteiger partial charge on any atom is 0.246 e. The molecule has 2 amide bonds. The Hall–Kier alpha value is -2.82. The highest BCUT2D eigenvalue weighted by molar-refractivity contribution is 6.30. The van der Waals surface area contributed by atoms with Crippen LogP contribution in [0.1, 0.15) is 56.3 Å². The number of nitrogens with zero attached hydrogens (tertiary/aromatic N) is 1. The van der Waals surface area contributed by atoms with E-state index in [1.54, 1.807) is 17.0 Å². The number of halogens is 2. The van der Waals surface area contributed by atoms with Crippen molar-refractivity contribution in [3.05, 3.63) is 107 Å². The molecule has 1 aliphatic rings. The minimum absolute atomic E-state index is 0.0119. The lowest BCUT2D eigenvalue weighted by Crippen LogP contribution is -2.68. The lowest BCUT2D eigenvalue weighted by Gasteiger charge is -2.56. The second kappa shape index (κ2) is 11.3. The molecule has 1 fully saturated rings. The molecule has 37 heavy (non-hydrogen) atoms. The molecule has 1 N–H and O–H groups in total. The molecule has 0 saturated heterocycles. The normalized spacial score (nSPS) is 19.2. The van der Waals surface area contributed by atoms with E-state index in [2.05, 4.69) is 26.1 Å². The minimum atomic E-state index is -0.995. The van der Waals surface area contributed by atoms with Crippen molar-refractivity contribution in [2.45, 2.75) is 51.7 Å². The first kappa shape index (κ1) is 27.2. The quantitative estimate of drug-likeness (QED) is 0.315. The number of rotatable bonds is 8. The second-order valence-corrected chi connectivity index (χ2v) is 11.7. The molecule has 6 heteroatoms. The zero-order valence-corrected chi connectivity index (χ0v) is 23.1. The monoisotopic (exact) mass is 536 g/mol. The Morgan fingerprint density at radius 2 is 1.43 bits per heavy atom. The van der Waals surface area contributed by atoms with E-state index in [1.165, 1.54) is 0 Å². The zero-order valence-electron chi connectivity index (χ0n) is 21.6. The number of carbonyl (C=O) groups is 2. The summed E-state index contributed by atoms with van der Waals surface area (Å²) in [5.74, 6) is -0.307. The van der Waals surface area contributed by atoms with Crippen molar-refractivity contribution in [2.24, 2.45) is 11.3 Å². The predicted molar refractivity (Wildman–Crippen MR) is 151 cm³/mol. The third-order valence-electron chi connectivity index (χ3n) is 7.54. The van der Waals surface area contributed by atoms with Crippen molar-refractivity contribution in [2.75, 3.05) is 5.88 Å². The summed E-state index contributed by atoms with van der Waals surface area (Å²) in [5.41, 5.74) is 1.88. The maximum absolute atomic E-state index is 14.3. The van der Waals surface area contributed by atoms with Gasteiger partial charge in [-0.2, -0.15) is 0 Å². The van der Waals surface area contributed by atoms with E-state index < -0.39 is 5.54 Å². The Bertz CT molecular complexity index is 1160. The lowest BCUT2D eigenvalue weighted by molar-refractivity contribution is -0.162. The molecule has 1 saturated carbocycles. The number of amides is 2. The third kappa shape index (κ3) is 6.02. The third-order valence-corrected chi connectivity index (χ3v) is 8.02. The Morgan fingerprint density at radius 1 is 0.919 bits per heavy atom. The highest BCUT2D eigenvalue weighted by Crippen LogP contribution is 2.51. The van der Waals surface area contributed by atoms with E-state index >= 15 is 0 Å². The summed E-state index contributed by atoms with van der Waals surface area (Å²) in [4.78, 5) is 29.3. The largest absolute Gasteiger partial charge is 0.343 e. The summed E-state index contributed by atoms with van der Waals surface area (Å²) >= 11 is 12.2. The molecule has 3 aromatic carbocycles. The van der Waals surface area contributed by atoms with Gasteiger partial charge in [0.25, 0.3) is 0 Å². The van der Waals surface area contributed by atoms with E-state index in [9.17, 15) is 9.59 Å². The Kier molecular flexibility index (Phi) is 8.30. The van der Waals surface area contributed by atoms with Crippen molar-refractivity contribution in [1.29, 1.82) is 0 Å². The van der Waals surface area contributed by atoms with Crippen LogP contribution in [0.25, 0.3) is 0 Å². The number of carbonyl (C=O) groups excluding carboxylic acids is 2. The van der Waals surface area contributed by atoms with Crippen LogP contribution in [0.5, 0.6) is 0 Å². The highest BCUT2D eigenvalue weighted by Gasteiger charge is 2.58. The first-order valence-electron chi connectivity index (χ1n) is 12.7. The molecule has 0 aromatic heterocycles. The topological polar surface area (TPSA) is 49.4 Å². The second-order valence-electron chi connectivity index (χ2n) is 11.0. The molecule has 4 nitrogen and oxygen atoms in total. The number of hydrogen-bond donors (Lipinski definition) is 1. The number of nitrogens with one attached hydrogen (secondary N) is 1. The average Bonchev–Trinajstić information content (AvgIpc) is 2.87. The van der Waals surface area contributed by atoms with E-state index in [0.717, 1.165) is 16.7 Å². The molecule has 194 valence electrons. The van der Waals surface area contributed by atoms with Crippen LogP contribution >= 0.6 is 23.2 Å². The van der Waals surface area contributed by atoms with Gasteiger partial charge in [-0.3, -0.25) is 9.59 Å². The Morgan fingerprint density at radius 3 is 1.89 bits per heavy atom. The summed E-state index contributed by atoms with van der Waals surface area (Å²) in [6.07, 6.45) is 1.16. The fraction of sp³-hybridized carbons (Fsp3) is 0.355. The highest BCUT2D eigenvalue weighted by atomic mass is 35.5. The molecule has 0 aliphatic heterocycles. The van der Waals surface area contributed by atoms with Gasteiger partial charge in [0.15, 0.2) is 0 Å². The summed E-state index contributed by atoms with van der Waals surface area (Å²) in [6, 6.07) is 26.9. The Labute approximate surface area is 230 Å². The van der Waals surface area contributed by atoms with E-state index in [0.29, 0.717) is 23.8 Å². The zero-order chi connectivity index (χ0) is 26.6. The first-order chi connectivity index (χ1) is 17.6. The van der Waals surface area contributed by atoms with Gasteiger partial charge in [-0.05, 0) is 53.0 Å². The van der Waals surface area contributed by atoms with Crippen molar-refractivity contribution in [3.63, 3.8) is 0 Å². The van der Waals surface area contributed by atoms with E-state index in [1.807, 2.05) is 72.8 Å². The fourth-order valence-electron chi connectivity index (χ4n) is 5.13. The molecule has 0 bridgehead atoms. The molecule has 0 radical (unpaired) electrons. The van der Waals surface area contributed by atoms with E-state index in [4.69, 9.17) is 23.2 Å². The van der Waals surface area contributed by atoms with Gasteiger partial charge >= 0.3 is 0 Å². The Balaban J connectivity index is 1.72. The molecule has 0 unspecified atom stereocenters. The summed E-state index contributed by atoms with van der Waals surface area (Å²) in [7, 11) is 0. The predicted octanol–water partition coefficient (Wildman–Crippen LogP) is 7.01. The van der Waals surface area contributed by atoms with Crippen molar-refractivity contribution >= 4 is 35.0 Å². The van der Waals surface area contributed by atoms with Crippen LogP contribution in [0.2, 0.25) is 5.02 Å². The fourth-order valence-corrected chi connectivity index (χ4v) is 5.40. The number of benzene rings is 3. The molecule has 1 aliphatic carbocycles. The van der Waals surface area contributed by atoms with Crippen LogP contribution in [0, 0.1) is 11.3 Å². The molecule has 0 atom stereocenters. The van der Waals surface area contributed by atoms with Crippen molar-refractivity contribution in [3.8, 4) is 0 Å². The smallest absolute Gasteiger partial charge is 0.246 e. The first-order valence-corrected chi connectivity index (χ1v) is 13.6. The summed E-state index contributed by atoms with van der Waals surface area (Å²) < 4.78 is 0. The van der Waals surface area contributed by atoms with Gasteiger partial charge in [-0.1, -0.05) is 105 Å². The van der Waals surface area contributed by atoms with Gasteiger partial charge < -0.3 is 10.2 Å². The summed E-state index contributed by atoms with van der Waals surface area (Å²) in [5, 5.41) is 3.94. The molecular formula is C31H34Cl2N2O2. The van der Waals surface area contributed by atoms with Crippen LogP contribution < -0.4 is 5.32 Å². The average molecular weight is 538 g/mol. The van der Waals surface area contributed by atoms with Gasteiger partial charge in [0.05, 0.1) is 6.04 Å². The van der Waals surface area contributed by atoms with E-state index in [-0.39, 0.29) is 35.7 Å². The minimum Gasteiger partial charge on any atom is -0.343 e. The standard InChI is InChI=1S/C31H34Cl2N2O2/c1-30(2,3)25-18-31(19-25,35(27(36)20-32)21-22-14-16-26(33)17-15-22)29(37)34-28(23-10-6-4-7-11-23)24-12-8-5-9-13-24/h4-17,25,28H,18-21H2,1-3H3,(H,34,37). The van der Waals surface area contributed by atoms with Crippen molar-refractivity contribution < 1.29 is 9.59 Å². The number of alkyl halides is 1. The number of hydrogen-bond acceptors (Lipinski definition) is 2. The lowest BCUT2D eigenvalue weighted by atomic mass is 9.57. The van der Waals surface area contributed by atoms with Gasteiger partial charge in [-0.25, -0.2) is 0 Å².